The summed E-state index contributed by atoms with van der Waals surface area (Å²) in [6.07, 6.45) is 1.62. The van der Waals surface area contributed by atoms with E-state index < -0.39 is 0 Å². The zero-order valence-electron chi connectivity index (χ0n) is 11.2. The number of aliphatic hydroxyl groups excluding tert-OH is 1. The van der Waals surface area contributed by atoms with Gasteiger partial charge in [-0.1, -0.05) is 0 Å². The summed E-state index contributed by atoms with van der Waals surface area (Å²) in [6, 6.07) is 3.53. The molecule has 0 radical (unpaired) electrons. The van der Waals surface area contributed by atoms with Gasteiger partial charge in [-0.15, -0.1) is 0 Å². The number of aromatic nitrogens is 1. The Labute approximate surface area is 113 Å². The van der Waals surface area contributed by atoms with Crippen LogP contribution in [0.1, 0.15) is 5.56 Å². The van der Waals surface area contributed by atoms with Gasteiger partial charge in [0.2, 0.25) is 5.88 Å². The van der Waals surface area contributed by atoms with Crippen molar-refractivity contribution >= 4 is 0 Å². The lowest BCUT2D eigenvalue weighted by atomic mass is 10.3. The molecule has 0 spiro atoms. The molecule has 0 aliphatic heterocycles. The van der Waals surface area contributed by atoms with E-state index >= 15 is 0 Å². The minimum Gasteiger partial charge on any atom is -0.475 e. The summed E-state index contributed by atoms with van der Waals surface area (Å²) in [4.78, 5) is 4.04. The molecule has 0 aliphatic rings. The third-order valence-corrected chi connectivity index (χ3v) is 2.29. The minimum absolute atomic E-state index is 0.0859. The van der Waals surface area contributed by atoms with Crippen molar-refractivity contribution in [2.45, 2.75) is 6.61 Å². The van der Waals surface area contributed by atoms with Crippen LogP contribution in [-0.2, 0) is 20.8 Å². The molecule has 0 atom stereocenters. The van der Waals surface area contributed by atoms with Crippen molar-refractivity contribution < 1.29 is 24.1 Å². The van der Waals surface area contributed by atoms with E-state index in [4.69, 9.17) is 24.1 Å². The smallest absolute Gasteiger partial charge is 0.218 e. The first-order chi connectivity index (χ1) is 9.38. The Bertz CT molecular complexity index is 335. The predicted molar refractivity (Wildman–Crippen MR) is 69.2 cm³/mol. The molecule has 1 rings (SSSR count). The van der Waals surface area contributed by atoms with E-state index in [0.29, 0.717) is 51.1 Å². The van der Waals surface area contributed by atoms with Gasteiger partial charge in [0, 0.05) is 18.9 Å². The van der Waals surface area contributed by atoms with Gasteiger partial charge in [0.25, 0.3) is 0 Å². The molecule has 19 heavy (non-hydrogen) atoms. The van der Waals surface area contributed by atoms with Gasteiger partial charge in [0.15, 0.2) is 0 Å². The topological polar surface area (TPSA) is 70.0 Å². The predicted octanol–water partition coefficient (Wildman–Crippen LogP) is 0.632. The van der Waals surface area contributed by atoms with Gasteiger partial charge in [-0.05, 0) is 12.1 Å². The maximum Gasteiger partial charge on any atom is 0.218 e. The number of pyridine rings is 1. The molecule has 1 aromatic rings. The fourth-order valence-electron chi connectivity index (χ4n) is 1.34. The SMILES string of the molecule is COCCOCCOCCOc1ncccc1CO. The molecule has 108 valence electrons. The number of methoxy groups -OCH3 is 1. The van der Waals surface area contributed by atoms with Crippen LogP contribution in [0.25, 0.3) is 0 Å². The summed E-state index contributed by atoms with van der Waals surface area (Å²) in [5, 5.41) is 9.08. The van der Waals surface area contributed by atoms with Crippen LogP contribution in [0.15, 0.2) is 18.3 Å². The molecule has 6 nitrogen and oxygen atoms in total. The van der Waals surface area contributed by atoms with Crippen LogP contribution in [-0.4, -0.2) is 56.8 Å². The van der Waals surface area contributed by atoms with Crippen molar-refractivity contribution in [1.82, 2.24) is 4.98 Å². The fourth-order valence-corrected chi connectivity index (χ4v) is 1.34. The second kappa shape index (κ2) is 10.7. The maximum atomic E-state index is 9.08. The lowest BCUT2D eigenvalue weighted by molar-refractivity contribution is 0.0175. The van der Waals surface area contributed by atoms with Crippen molar-refractivity contribution in [3.63, 3.8) is 0 Å². The van der Waals surface area contributed by atoms with Gasteiger partial charge < -0.3 is 24.1 Å². The van der Waals surface area contributed by atoms with E-state index in [-0.39, 0.29) is 6.61 Å². The van der Waals surface area contributed by atoms with Crippen LogP contribution in [0, 0.1) is 0 Å². The summed E-state index contributed by atoms with van der Waals surface area (Å²) >= 11 is 0. The van der Waals surface area contributed by atoms with E-state index in [9.17, 15) is 0 Å². The molecule has 0 aromatic carbocycles. The average molecular weight is 271 g/mol. The number of aliphatic hydroxyl groups is 1. The Kier molecular flexibility index (Phi) is 8.91. The van der Waals surface area contributed by atoms with Gasteiger partial charge in [0.05, 0.1) is 39.6 Å². The van der Waals surface area contributed by atoms with Crippen LogP contribution in [0.2, 0.25) is 0 Å². The molecule has 1 heterocycles. The van der Waals surface area contributed by atoms with Gasteiger partial charge >= 0.3 is 0 Å². The molecular weight excluding hydrogens is 250 g/mol. The Morgan fingerprint density at radius 3 is 2.42 bits per heavy atom. The van der Waals surface area contributed by atoms with E-state index in [1.54, 1.807) is 25.4 Å². The van der Waals surface area contributed by atoms with Crippen molar-refractivity contribution in [2.24, 2.45) is 0 Å². The zero-order chi connectivity index (χ0) is 13.8. The van der Waals surface area contributed by atoms with Crippen LogP contribution in [0.4, 0.5) is 0 Å². The second-order valence-electron chi connectivity index (χ2n) is 3.69. The summed E-state index contributed by atoms with van der Waals surface area (Å²) in [7, 11) is 1.63. The molecule has 0 unspecified atom stereocenters. The fraction of sp³-hybridized carbons (Fsp3) is 0.615. The van der Waals surface area contributed by atoms with Crippen molar-refractivity contribution in [2.75, 3.05) is 46.8 Å². The third-order valence-electron chi connectivity index (χ3n) is 2.29. The third kappa shape index (κ3) is 7.07. The Morgan fingerprint density at radius 1 is 1.05 bits per heavy atom. The molecule has 1 N–H and O–H groups in total. The highest BCUT2D eigenvalue weighted by Crippen LogP contribution is 2.13. The van der Waals surface area contributed by atoms with E-state index in [2.05, 4.69) is 4.98 Å². The summed E-state index contributed by atoms with van der Waals surface area (Å²) in [5.41, 5.74) is 0.672. The number of ether oxygens (including phenoxy) is 4. The number of nitrogens with zero attached hydrogens (tertiary/aromatic N) is 1. The first kappa shape index (κ1) is 15.8. The highest BCUT2D eigenvalue weighted by molar-refractivity contribution is 5.24. The van der Waals surface area contributed by atoms with Gasteiger partial charge in [0.1, 0.15) is 6.61 Å². The Hall–Kier alpha value is -1.21. The quantitative estimate of drug-likeness (QED) is 0.595. The van der Waals surface area contributed by atoms with Crippen LogP contribution in [0.5, 0.6) is 5.88 Å². The Morgan fingerprint density at radius 2 is 1.74 bits per heavy atom. The van der Waals surface area contributed by atoms with E-state index in [0.717, 1.165) is 0 Å². The zero-order valence-corrected chi connectivity index (χ0v) is 11.2. The molecule has 0 amide bonds. The van der Waals surface area contributed by atoms with Gasteiger partial charge in [-0.3, -0.25) is 0 Å². The van der Waals surface area contributed by atoms with E-state index in [1.165, 1.54) is 0 Å². The average Bonchev–Trinajstić information content (AvgIpc) is 2.46. The molecule has 0 saturated heterocycles. The molecule has 0 bridgehead atoms. The van der Waals surface area contributed by atoms with Crippen molar-refractivity contribution in [3.8, 4) is 5.88 Å². The van der Waals surface area contributed by atoms with Crippen molar-refractivity contribution in [3.05, 3.63) is 23.9 Å². The molecule has 6 heteroatoms. The van der Waals surface area contributed by atoms with Gasteiger partial charge in [-0.25, -0.2) is 4.98 Å². The summed E-state index contributed by atoms with van der Waals surface area (Å²) < 4.78 is 20.8. The normalized spacial score (nSPS) is 10.6. The summed E-state index contributed by atoms with van der Waals surface area (Å²) in [6.45, 7) is 2.97. The monoisotopic (exact) mass is 271 g/mol. The number of hydrogen-bond acceptors (Lipinski definition) is 6. The molecular formula is C13H21NO5. The van der Waals surface area contributed by atoms with Crippen LogP contribution >= 0.6 is 0 Å². The molecule has 0 fully saturated rings. The standard InChI is InChI=1S/C13H21NO5/c1-16-5-6-17-7-8-18-9-10-19-13-12(11-15)3-2-4-14-13/h2-4,15H,5-11H2,1H3. The molecule has 0 saturated carbocycles. The Balaban J connectivity index is 2.01. The first-order valence-electron chi connectivity index (χ1n) is 6.20. The van der Waals surface area contributed by atoms with Crippen LogP contribution in [0.3, 0.4) is 0 Å². The highest BCUT2D eigenvalue weighted by Gasteiger charge is 2.02. The second-order valence-corrected chi connectivity index (χ2v) is 3.69. The van der Waals surface area contributed by atoms with Crippen LogP contribution < -0.4 is 4.74 Å². The lowest BCUT2D eigenvalue weighted by Gasteiger charge is -2.09. The first-order valence-corrected chi connectivity index (χ1v) is 6.20. The molecule has 1 aromatic heterocycles. The minimum atomic E-state index is -0.0859. The summed E-state index contributed by atoms with van der Waals surface area (Å²) in [5.74, 6) is 0.449. The van der Waals surface area contributed by atoms with Crippen molar-refractivity contribution in [1.29, 1.82) is 0 Å². The number of rotatable bonds is 11. The molecule has 0 aliphatic carbocycles. The number of hydrogen-bond donors (Lipinski definition) is 1. The maximum absolute atomic E-state index is 9.08. The van der Waals surface area contributed by atoms with E-state index in [1.807, 2.05) is 0 Å². The lowest BCUT2D eigenvalue weighted by Crippen LogP contribution is -2.13. The highest BCUT2D eigenvalue weighted by atomic mass is 16.6. The largest absolute Gasteiger partial charge is 0.475 e. The van der Waals surface area contributed by atoms with Gasteiger partial charge in [-0.2, -0.15) is 0 Å².